The van der Waals surface area contributed by atoms with E-state index in [0.717, 1.165) is 114 Å². The van der Waals surface area contributed by atoms with Gasteiger partial charge in [-0.25, -0.2) is 62.4 Å². The van der Waals surface area contributed by atoms with Crippen molar-refractivity contribution in [1.82, 2.24) is 87.6 Å². The zero-order chi connectivity index (χ0) is 79.8. The maximum Gasteiger partial charge on any atom is 0.287 e. The minimum atomic E-state index is -3.13. The molecule has 9 aromatic heterocycles. The van der Waals surface area contributed by atoms with Gasteiger partial charge in [0, 0.05) is 173 Å². The summed E-state index contributed by atoms with van der Waals surface area (Å²) in [5.74, 6) is -0.994. The van der Waals surface area contributed by atoms with Gasteiger partial charge in [0.1, 0.15) is 27.7 Å². The van der Waals surface area contributed by atoms with Crippen LogP contribution >= 0.6 is 0 Å². The number of hydrogen-bond donors (Lipinski definition) is 3. The Balaban J connectivity index is 0.000000147. The molecule has 0 amide bonds. The van der Waals surface area contributed by atoms with Gasteiger partial charge in [0.2, 0.25) is 17.8 Å². The maximum absolute atomic E-state index is 15.1. The predicted octanol–water partition coefficient (Wildman–Crippen LogP) is 13.0. The lowest BCUT2D eigenvalue weighted by Crippen LogP contribution is -2.44. The Bertz CT molecular complexity index is 5300. The third-order valence-corrected chi connectivity index (χ3v) is 20.2. The summed E-state index contributed by atoms with van der Waals surface area (Å²) < 4.78 is 52.9. The zero-order valence-corrected chi connectivity index (χ0v) is 66.7. The molecule has 3 aromatic carbocycles. The SMILES string of the molecule is CC(C)n1c(=O)c2cnc(Nc3ccc(N4CCN(C)CC4)c(F)c3)nc2n1-c1cccc(C(C)(C)C)n1.CC(C)n1c(=O)c2cnc(Nc3ccc(N4CCN(C)CC4)cc3)nc2n1-c1cccc(C(C)(C)C)n1.CC(C)n1c(=O)c2cnc(Nc3ccc(N4CCN(C)CC4)cc3)nc2n1-c1cccc(C(C)(F)F)n1. The van der Waals surface area contributed by atoms with Crippen LogP contribution in [-0.2, 0) is 16.8 Å². The molecule has 0 unspecified atom stereocenters. The first kappa shape index (κ1) is 78.7. The summed E-state index contributed by atoms with van der Waals surface area (Å²) in [4.78, 5) is 94.7. The molecule has 0 bridgehead atoms. The number of anilines is 9. The summed E-state index contributed by atoms with van der Waals surface area (Å²) in [6.45, 7) is 36.6. The Morgan fingerprint density at radius 1 is 0.375 bits per heavy atom. The summed E-state index contributed by atoms with van der Waals surface area (Å²) in [5.41, 5.74) is 6.97. The molecule has 30 heteroatoms. The molecule has 12 heterocycles. The van der Waals surface area contributed by atoms with Crippen LogP contribution in [0.4, 0.5) is 65.1 Å². The van der Waals surface area contributed by atoms with Crippen molar-refractivity contribution in [2.75, 3.05) is 130 Å². The largest absolute Gasteiger partial charge is 0.369 e. The van der Waals surface area contributed by atoms with Crippen LogP contribution in [0.2, 0.25) is 0 Å². The molecule has 0 radical (unpaired) electrons. The Morgan fingerprint density at radius 2 is 0.679 bits per heavy atom. The van der Waals surface area contributed by atoms with E-state index < -0.39 is 5.92 Å². The average molecular weight is 1530 g/mol. The molecule has 588 valence electrons. The fourth-order valence-corrected chi connectivity index (χ4v) is 13.9. The standard InChI is InChI=1S/C28H35FN8O.C28H36N8O.C26H30F2N8O/c1-18(2)36-26(38)20-17-30-27(33-25(20)37(36)24-9-7-8-23(32-24)28(3,4)5)31-19-10-11-22(21(29)16-19)35-14-12-34(6)13-15-35;1-19(2)35-26(37)22-18-29-27(30-20-10-12-21(13-11-20)34-16-14-33(6)15-17-34)32-25(22)36(35)24-9-7-8-23(31-24)28(3,4)5;1-17(2)35-24(37)20-16-29-25(30-18-8-10-19(11-9-18)34-14-12-33(4)13-15-34)32-23(20)36(35)22-7-5-6-21(31-22)26(3,27)28/h7-11,16-18H,12-15H2,1-6H3,(H,30,31,33);7-13,18-19H,14-17H2,1-6H3,(H,29,30,32);5-11,16-17H,12-15H2,1-4H3,(H,29,30,32). The van der Waals surface area contributed by atoms with E-state index in [1.165, 1.54) is 45.6 Å². The number of benzene rings is 3. The van der Waals surface area contributed by atoms with E-state index in [-0.39, 0.29) is 85.9 Å². The molecule has 12 aromatic rings. The number of aromatic nitrogens is 15. The van der Waals surface area contributed by atoms with E-state index in [0.29, 0.717) is 51.0 Å². The van der Waals surface area contributed by atoms with Gasteiger partial charge >= 0.3 is 0 Å². The number of rotatable bonds is 16. The molecule has 112 heavy (non-hydrogen) atoms. The molecule has 0 atom stereocenters. The topological polar surface area (TPSA) is 252 Å². The Morgan fingerprint density at radius 3 is 0.991 bits per heavy atom. The van der Waals surface area contributed by atoms with Crippen LogP contribution in [0, 0.1) is 5.82 Å². The number of nitrogens with zero attached hydrogens (tertiary/aromatic N) is 21. The fourth-order valence-electron chi connectivity index (χ4n) is 13.9. The van der Waals surface area contributed by atoms with E-state index in [1.807, 2.05) is 113 Å². The van der Waals surface area contributed by atoms with Crippen LogP contribution in [0.1, 0.15) is 125 Å². The Kier molecular flexibility index (Phi) is 22.6. The van der Waals surface area contributed by atoms with Gasteiger partial charge < -0.3 is 45.3 Å². The third kappa shape index (κ3) is 17.1. The smallest absolute Gasteiger partial charge is 0.287 e. The van der Waals surface area contributed by atoms with Gasteiger partial charge in [-0.2, -0.15) is 23.7 Å². The first-order chi connectivity index (χ1) is 53.3. The number of likely N-dealkylation sites (N-methyl/N-ethyl adjacent to an activating group) is 3. The molecule has 3 N–H and O–H groups in total. The van der Waals surface area contributed by atoms with Gasteiger partial charge in [-0.05, 0) is 166 Å². The first-order valence-electron chi connectivity index (χ1n) is 38.2. The van der Waals surface area contributed by atoms with Crippen molar-refractivity contribution in [2.45, 2.75) is 125 Å². The minimum absolute atomic E-state index is 0.0830. The van der Waals surface area contributed by atoms with Gasteiger partial charge in [-0.1, -0.05) is 59.7 Å². The molecule has 3 aliphatic rings. The average Bonchev–Trinajstić information content (AvgIpc) is 1.61. The number of alkyl halides is 2. The van der Waals surface area contributed by atoms with E-state index in [4.69, 9.17) is 19.9 Å². The number of halogens is 3. The van der Waals surface area contributed by atoms with Gasteiger partial charge in [-0.15, -0.1) is 0 Å². The van der Waals surface area contributed by atoms with Crippen LogP contribution in [0.15, 0.2) is 154 Å². The molecule has 3 fully saturated rings. The summed E-state index contributed by atoms with van der Waals surface area (Å²) in [7, 11) is 6.36. The van der Waals surface area contributed by atoms with Crippen molar-refractivity contribution in [2.24, 2.45) is 0 Å². The van der Waals surface area contributed by atoms with Gasteiger partial charge in [0.05, 0.1) is 5.69 Å². The number of nitrogens with one attached hydrogen (secondary N) is 3. The quantitative estimate of drug-likeness (QED) is 0.0813. The van der Waals surface area contributed by atoms with Crippen molar-refractivity contribution >= 4 is 85.1 Å². The second-order valence-electron chi connectivity index (χ2n) is 32.0. The van der Waals surface area contributed by atoms with E-state index in [1.54, 1.807) is 32.4 Å². The summed E-state index contributed by atoms with van der Waals surface area (Å²) >= 11 is 0. The zero-order valence-electron chi connectivity index (χ0n) is 66.7. The Hall–Kier alpha value is -11.4. The third-order valence-electron chi connectivity index (χ3n) is 20.2. The second kappa shape index (κ2) is 32.1. The number of hydrogen-bond acceptors (Lipinski definition) is 21. The molecular weight excluding hydrogens is 1430 g/mol. The van der Waals surface area contributed by atoms with Crippen LogP contribution < -0.4 is 47.3 Å². The van der Waals surface area contributed by atoms with Crippen molar-refractivity contribution in [3.63, 3.8) is 0 Å². The molecule has 0 aliphatic carbocycles. The highest BCUT2D eigenvalue weighted by molar-refractivity contribution is 5.80. The minimum Gasteiger partial charge on any atom is -0.369 e. The van der Waals surface area contributed by atoms with Gasteiger partial charge in [-0.3, -0.25) is 14.4 Å². The Labute approximate surface area is 649 Å². The molecule has 0 saturated carbocycles. The van der Waals surface area contributed by atoms with Crippen LogP contribution in [0.3, 0.4) is 0 Å². The fraction of sp³-hybridized carbons (Fsp3) is 0.415. The second-order valence-corrected chi connectivity index (χ2v) is 32.0. The highest BCUT2D eigenvalue weighted by atomic mass is 19.3. The summed E-state index contributed by atoms with van der Waals surface area (Å²) in [6, 6.07) is 37.0. The number of pyridine rings is 3. The van der Waals surface area contributed by atoms with Crippen molar-refractivity contribution in [1.29, 1.82) is 0 Å². The lowest BCUT2D eigenvalue weighted by molar-refractivity contribution is 0.0127. The van der Waals surface area contributed by atoms with Gasteiger partial charge in [0.15, 0.2) is 34.4 Å². The first-order valence-corrected chi connectivity index (χ1v) is 38.2. The van der Waals surface area contributed by atoms with Crippen LogP contribution in [0.25, 0.3) is 50.6 Å². The maximum atomic E-state index is 15.1. The van der Waals surface area contributed by atoms with E-state index >= 15 is 4.39 Å². The van der Waals surface area contributed by atoms with E-state index in [2.05, 4.69) is 157 Å². The molecule has 15 rings (SSSR count). The van der Waals surface area contributed by atoms with E-state index in [9.17, 15) is 23.2 Å². The molecule has 3 aliphatic heterocycles. The molecule has 3 saturated heterocycles. The predicted molar refractivity (Wildman–Crippen MR) is 439 cm³/mol. The number of fused-ring (bicyclic) bond motifs is 3. The van der Waals surface area contributed by atoms with Crippen LogP contribution in [0.5, 0.6) is 0 Å². The van der Waals surface area contributed by atoms with Crippen molar-refractivity contribution in [3.8, 4) is 17.5 Å². The molecular formula is C82H101F3N24O3. The monoisotopic (exact) mass is 1530 g/mol. The lowest BCUT2D eigenvalue weighted by Gasteiger charge is -2.34. The normalized spacial score (nSPS) is 15.0. The molecule has 27 nitrogen and oxygen atoms in total. The highest BCUT2D eigenvalue weighted by Gasteiger charge is 2.30. The lowest BCUT2D eigenvalue weighted by atomic mass is 9.92. The summed E-state index contributed by atoms with van der Waals surface area (Å²) in [6.07, 6.45) is 4.58. The van der Waals surface area contributed by atoms with Gasteiger partial charge in [0.25, 0.3) is 22.6 Å². The van der Waals surface area contributed by atoms with Crippen LogP contribution in [-0.4, -0.2) is 187 Å². The number of piperazine rings is 3. The van der Waals surface area contributed by atoms with Crippen molar-refractivity contribution < 1.29 is 13.2 Å². The molecule has 0 spiro atoms. The van der Waals surface area contributed by atoms with Crippen molar-refractivity contribution in [3.05, 3.63) is 194 Å². The summed E-state index contributed by atoms with van der Waals surface area (Å²) in [5, 5.41) is 10.8. The highest BCUT2D eigenvalue weighted by Crippen LogP contribution is 2.32.